The van der Waals surface area contributed by atoms with Crippen molar-refractivity contribution in [1.82, 2.24) is 0 Å². The number of amides is 1. The van der Waals surface area contributed by atoms with Crippen LogP contribution < -0.4 is 5.32 Å². The summed E-state index contributed by atoms with van der Waals surface area (Å²) in [5.41, 5.74) is 2.32. The number of benzene rings is 2. The van der Waals surface area contributed by atoms with Crippen molar-refractivity contribution in [1.29, 1.82) is 0 Å². The molecule has 2 aromatic rings. The van der Waals surface area contributed by atoms with Crippen LogP contribution in [0.15, 0.2) is 42.5 Å². The summed E-state index contributed by atoms with van der Waals surface area (Å²) in [6.45, 7) is 2.02. The number of anilines is 1. The Balaban J connectivity index is 1.81. The van der Waals surface area contributed by atoms with Crippen molar-refractivity contribution in [2.75, 3.05) is 11.1 Å². The molecule has 0 aliphatic carbocycles. The first-order chi connectivity index (χ1) is 10.0. The lowest BCUT2D eigenvalue weighted by atomic mass is 10.2. The minimum absolute atomic E-state index is 0.00247. The van der Waals surface area contributed by atoms with Crippen molar-refractivity contribution in [3.8, 4) is 0 Å². The van der Waals surface area contributed by atoms with E-state index < -0.39 is 11.6 Å². The summed E-state index contributed by atoms with van der Waals surface area (Å²) in [6, 6.07) is 11.1. The van der Waals surface area contributed by atoms with Gasteiger partial charge in [-0.1, -0.05) is 29.8 Å². The zero-order valence-electron chi connectivity index (χ0n) is 11.5. The number of rotatable bonds is 5. The van der Waals surface area contributed by atoms with Gasteiger partial charge in [-0.3, -0.25) is 4.79 Å². The summed E-state index contributed by atoms with van der Waals surface area (Å²) in [7, 11) is 0. The third-order valence-corrected chi connectivity index (χ3v) is 3.83. The Morgan fingerprint density at radius 1 is 1.14 bits per heavy atom. The molecule has 0 radical (unpaired) electrons. The highest BCUT2D eigenvalue weighted by atomic mass is 32.2. The summed E-state index contributed by atoms with van der Waals surface area (Å²) in [5, 5.41) is 2.43. The number of thioether (sulfide) groups is 1. The monoisotopic (exact) mass is 307 g/mol. The van der Waals surface area contributed by atoms with Gasteiger partial charge in [0.1, 0.15) is 11.6 Å². The first-order valence-electron chi connectivity index (χ1n) is 6.43. The maximum Gasteiger partial charge on any atom is 0.234 e. The van der Waals surface area contributed by atoms with Crippen LogP contribution in [0.3, 0.4) is 0 Å². The highest BCUT2D eigenvalue weighted by molar-refractivity contribution is 7.99. The smallest absolute Gasteiger partial charge is 0.234 e. The Labute approximate surface area is 126 Å². The average molecular weight is 307 g/mol. The van der Waals surface area contributed by atoms with Gasteiger partial charge in [0.05, 0.1) is 11.4 Å². The summed E-state index contributed by atoms with van der Waals surface area (Å²) < 4.78 is 26.1. The van der Waals surface area contributed by atoms with Crippen LogP contribution >= 0.6 is 11.8 Å². The Hall–Kier alpha value is -1.88. The lowest BCUT2D eigenvalue weighted by molar-refractivity contribution is -0.113. The van der Waals surface area contributed by atoms with Gasteiger partial charge in [0.2, 0.25) is 5.91 Å². The highest BCUT2D eigenvalue weighted by Gasteiger charge is 2.08. The molecule has 0 unspecified atom stereocenters. The standard InChI is InChI=1S/C16H15F2NOS/c1-11-2-4-12(5-3-11)9-21-10-16(20)19-15-7-6-13(17)8-14(15)18/h2-8H,9-10H2,1H3,(H,19,20). The second-order valence-corrected chi connectivity index (χ2v) is 5.64. The summed E-state index contributed by atoms with van der Waals surface area (Å²) in [4.78, 5) is 11.7. The van der Waals surface area contributed by atoms with Gasteiger partial charge in [0, 0.05) is 11.8 Å². The predicted molar refractivity (Wildman–Crippen MR) is 82.3 cm³/mol. The molecular weight excluding hydrogens is 292 g/mol. The first kappa shape index (κ1) is 15.5. The maximum atomic E-state index is 13.4. The molecule has 0 aromatic heterocycles. The summed E-state index contributed by atoms with van der Waals surface area (Å²) in [5.74, 6) is -0.826. The lowest BCUT2D eigenvalue weighted by Crippen LogP contribution is -2.15. The second-order valence-electron chi connectivity index (χ2n) is 4.65. The van der Waals surface area contributed by atoms with E-state index >= 15 is 0 Å². The fourth-order valence-corrected chi connectivity index (χ4v) is 2.51. The number of carbonyl (C=O) groups is 1. The van der Waals surface area contributed by atoms with E-state index in [0.29, 0.717) is 5.75 Å². The van der Waals surface area contributed by atoms with Crippen LogP contribution in [0.1, 0.15) is 11.1 Å². The van der Waals surface area contributed by atoms with Crippen LogP contribution in [-0.2, 0) is 10.5 Å². The molecule has 0 atom stereocenters. The number of carbonyl (C=O) groups excluding carboxylic acids is 1. The molecule has 110 valence electrons. The van der Waals surface area contributed by atoms with Crippen molar-refractivity contribution in [3.63, 3.8) is 0 Å². The van der Waals surface area contributed by atoms with E-state index in [1.54, 1.807) is 0 Å². The van der Waals surface area contributed by atoms with Crippen LogP contribution in [-0.4, -0.2) is 11.7 Å². The fraction of sp³-hybridized carbons (Fsp3) is 0.188. The zero-order chi connectivity index (χ0) is 15.2. The summed E-state index contributed by atoms with van der Waals surface area (Å²) >= 11 is 1.44. The molecule has 21 heavy (non-hydrogen) atoms. The largest absolute Gasteiger partial charge is 0.323 e. The average Bonchev–Trinajstić information content (AvgIpc) is 2.44. The fourth-order valence-electron chi connectivity index (χ4n) is 1.72. The Morgan fingerprint density at radius 3 is 2.52 bits per heavy atom. The van der Waals surface area contributed by atoms with Crippen LogP contribution in [0, 0.1) is 18.6 Å². The normalized spacial score (nSPS) is 10.4. The molecule has 1 amide bonds. The Morgan fingerprint density at radius 2 is 1.86 bits per heavy atom. The van der Waals surface area contributed by atoms with Gasteiger partial charge in [-0.25, -0.2) is 8.78 Å². The van der Waals surface area contributed by atoms with E-state index in [1.165, 1.54) is 23.4 Å². The van der Waals surface area contributed by atoms with Gasteiger partial charge < -0.3 is 5.32 Å². The third kappa shape index (κ3) is 4.86. The lowest BCUT2D eigenvalue weighted by Gasteiger charge is -2.06. The molecule has 0 heterocycles. The first-order valence-corrected chi connectivity index (χ1v) is 7.58. The van der Waals surface area contributed by atoms with E-state index in [2.05, 4.69) is 5.32 Å². The van der Waals surface area contributed by atoms with Crippen molar-refractivity contribution in [2.45, 2.75) is 12.7 Å². The van der Waals surface area contributed by atoms with Crippen molar-refractivity contribution in [3.05, 3.63) is 65.2 Å². The molecule has 0 spiro atoms. The van der Waals surface area contributed by atoms with E-state index in [1.807, 2.05) is 31.2 Å². The van der Waals surface area contributed by atoms with Crippen molar-refractivity contribution < 1.29 is 13.6 Å². The third-order valence-electron chi connectivity index (χ3n) is 2.83. The SMILES string of the molecule is Cc1ccc(CSCC(=O)Nc2ccc(F)cc2F)cc1. The molecule has 2 nitrogen and oxygen atoms in total. The van der Waals surface area contributed by atoms with Gasteiger partial charge in [-0.15, -0.1) is 11.8 Å². The predicted octanol–water partition coefficient (Wildman–Crippen LogP) is 4.15. The molecule has 2 rings (SSSR count). The molecule has 0 bridgehead atoms. The molecule has 0 aliphatic heterocycles. The maximum absolute atomic E-state index is 13.4. The van der Waals surface area contributed by atoms with E-state index in [9.17, 15) is 13.6 Å². The number of halogens is 2. The molecule has 0 saturated heterocycles. The molecule has 0 fully saturated rings. The van der Waals surface area contributed by atoms with Gasteiger partial charge in [0.25, 0.3) is 0 Å². The number of aryl methyl sites for hydroxylation is 1. The van der Waals surface area contributed by atoms with Crippen molar-refractivity contribution in [2.24, 2.45) is 0 Å². The van der Waals surface area contributed by atoms with Crippen LogP contribution in [0.2, 0.25) is 0 Å². The Bertz CT molecular complexity index is 629. The molecule has 1 N–H and O–H groups in total. The summed E-state index contributed by atoms with van der Waals surface area (Å²) in [6.07, 6.45) is 0. The molecule has 0 aliphatic rings. The Kier molecular flexibility index (Phi) is 5.33. The van der Waals surface area contributed by atoms with Gasteiger partial charge in [-0.2, -0.15) is 0 Å². The van der Waals surface area contributed by atoms with E-state index in [-0.39, 0.29) is 17.3 Å². The van der Waals surface area contributed by atoms with E-state index in [0.717, 1.165) is 17.7 Å². The zero-order valence-corrected chi connectivity index (χ0v) is 12.3. The molecule has 5 heteroatoms. The van der Waals surface area contributed by atoms with Gasteiger partial charge >= 0.3 is 0 Å². The minimum atomic E-state index is -0.771. The van der Waals surface area contributed by atoms with Crippen LogP contribution in [0.4, 0.5) is 14.5 Å². The second kappa shape index (κ2) is 7.22. The highest BCUT2D eigenvalue weighted by Crippen LogP contribution is 2.17. The quantitative estimate of drug-likeness (QED) is 0.899. The minimum Gasteiger partial charge on any atom is -0.323 e. The van der Waals surface area contributed by atoms with Crippen LogP contribution in [0.5, 0.6) is 0 Å². The topological polar surface area (TPSA) is 29.1 Å². The molecular formula is C16H15F2NOS. The van der Waals surface area contributed by atoms with E-state index in [4.69, 9.17) is 0 Å². The van der Waals surface area contributed by atoms with Gasteiger partial charge in [0.15, 0.2) is 0 Å². The molecule has 0 saturated carbocycles. The molecule has 2 aromatic carbocycles. The number of hydrogen-bond acceptors (Lipinski definition) is 2. The number of nitrogens with one attached hydrogen (secondary N) is 1. The van der Waals surface area contributed by atoms with Crippen LogP contribution in [0.25, 0.3) is 0 Å². The van der Waals surface area contributed by atoms with Gasteiger partial charge in [-0.05, 0) is 24.6 Å². The van der Waals surface area contributed by atoms with Crippen molar-refractivity contribution >= 4 is 23.4 Å². The number of hydrogen-bond donors (Lipinski definition) is 1.